The fourth-order valence-corrected chi connectivity index (χ4v) is 4.67. The summed E-state index contributed by atoms with van der Waals surface area (Å²) in [7, 11) is 0. The zero-order valence-electron chi connectivity index (χ0n) is 16.0. The first kappa shape index (κ1) is 21.1. The predicted molar refractivity (Wildman–Crippen MR) is 109 cm³/mol. The number of rotatable bonds is 7. The van der Waals surface area contributed by atoms with Crippen molar-refractivity contribution in [2.75, 3.05) is 12.3 Å². The van der Waals surface area contributed by atoms with Gasteiger partial charge in [-0.1, -0.05) is 19.0 Å². The van der Waals surface area contributed by atoms with Crippen molar-refractivity contribution in [1.82, 2.24) is 15.2 Å². The summed E-state index contributed by atoms with van der Waals surface area (Å²) in [6, 6.07) is -0.871. The van der Waals surface area contributed by atoms with Gasteiger partial charge in [0.05, 0.1) is 0 Å². The number of nitrogens with two attached hydrogens (primary N) is 1. The minimum absolute atomic E-state index is 0.0711. The minimum atomic E-state index is -1.18. The van der Waals surface area contributed by atoms with Crippen molar-refractivity contribution >= 4 is 51.7 Å². The number of thiazole rings is 1. The van der Waals surface area contributed by atoms with E-state index in [1.54, 1.807) is 5.38 Å². The number of nitrogens with zero attached hydrogens (tertiary/aromatic N) is 3. The van der Waals surface area contributed by atoms with Gasteiger partial charge in [0.25, 0.3) is 11.8 Å². The third-order valence-electron chi connectivity index (χ3n) is 4.10. The van der Waals surface area contributed by atoms with E-state index in [1.165, 1.54) is 22.7 Å². The van der Waals surface area contributed by atoms with Gasteiger partial charge in [0.2, 0.25) is 0 Å². The van der Waals surface area contributed by atoms with Gasteiger partial charge in [-0.05, 0) is 18.9 Å². The lowest BCUT2D eigenvalue weighted by atomic mass is 10.0. The highest BCUT2D eigenvalue weighted by atomic mass is 32.2. The van der Waals surface area contributed by atoms with Crippen molar-refractivity contribution in [1.29, 1.82) is 0 Å². The maximum Gasteiger partial charge on any atom is 0.352 e. The number of amides is 2. The van der Waals surface area contributed by atoms with E-state index in [9.17, 15) is 19.5 Å². The number of hydrogen-bond donors (Lipinski definition) is 3. The van der Waals surface area contributed by atoms with Crippen molar-refractivity contribution in [3.05, 3.63) is 22.8 Å². The van der Waals surface area contributed by atoms with Gasteiger partial charge in [-0.15, -0.1) is 23.1 Å². The van der Waals surface area contributed by atoms with Gasteiger partial charge in [0, 0.05) is 10.6 Å². The number of β-lactam (4-membered cyclic amide) rings is 1. The maximum atomic E-state index is 12.8. The van der Waals surface area contributed by atoms with Crippen LogP contribution in [0.1, 0.15) is 26.5 Å². The lowest BCUT2D eigenvalue weighted by molar-refractivity contribution is -0.150. The smallest absolute Gasteiger partial charge is 0.352 e. The molecule has 2 aliphatic heterocycles. The standard InChI is InChI=1S/C17H21N5O5S2/c1-7(2)5-27-21-11(9-6-28-17(18)19-9)13(23)20-12-14(24)22-10(16(25)26)4-8(3)29-15(12)22/h4,6-8,12,15H,5H2,1-3H3,(H2,18,19)(H,20,23)(H,25,26)/b21-11+/t8?,12?,15-/m1/s1. The number of oxime groups is 1. The number of carbonyl (C=O) groups excluding carboxylic acids is 2. The molecule has 156 valence electrons. The molecule has 3 atom stereocenters. The van der Waals surface area contributed by atoms with Crippen LogP contribution in [0.4, 0.5) is 5.13 Å². The van der Waals surface area contributed by atoms with Gasteiger partial charge < -0.3 is 21.0 Å². The molecule has 2 unspecified atom stereocenters. The van der Waals surface area contributed by atoms with Crippen molar-refractivity contribution in [3.8, 4) is 0 Å². The van der Waals surface area contributed by atoms with Crippen LogP contribution < -0.4 is 11.1 Å². The molecule has 0 saturated carbocycles. The molecule has 1 saturated heterocycles. The average molecular weight is 440 g/mol. The number of aliphatic carboxylic acids is 1. The summed E-state index contributed by atoms with van der Waals surface area (Å²) >= 11 is 2.54. The number of fused-ring (bicyclic) bond motifs is 1. The molecule has 0 bridgehead atoms. The fraction of sp³-hybridized carbons (Fsp3) is 0.471. The summed E-state index contributed by atoms with van der Waals surface area (Å²) in [5.41, 5.74) is 5.74. The predicted octanol–water partition coefficient (Wildman–Crippen LogP) is 0.859. The van der Waals surface area contributed by atoms with Crippen molar-refractivity contribution < 1.29 is 24.3 Å². The Morgan fingerprint density at radius 2 is 2.21 bits per heavy atom. The van der Waals surface area contributed by atoms with Crippen molar-refractivity contribution in [2.45, 2.75) is 37.4 Å². The Morgan fingerprint density at radius 3 is 2.79 bits per heavy atom. The third-order valence-corrected chi connectivity index (χ3v) is 6.10. The summed E-state index contributed by atoms with van der Waals surface area (Å²) in [6.07, 6.45) is 1.52. The SMILES string of the molecule is CC(C)CO/N=C(/C(=O)NC1C(=O)N2C(C(=O)O)=CC(C)S[C@H]12)c1csc(N)n1. The zero-order chi connectivity index (χ0) is 21.3. The molecule has 0 spiro atoms. The Labute approximate surface area is 175 Å². The molecular weight excluding hydrogens is 418 g/mol. The van der Waals surface area contributed by atoms with E-state index in [-0.39, 0.29) is 33.4 Å². The first-order valence-corrected chi connectivity index (χ1v) is 10.7. The number of carboxylic acids is 1. The van der Waals surface area contributed by atoms with Crippen LogP contribution in [0.25, 0.3) is 0 Å². The van der Waals surface area contributed by atoms with Crippen LogP contribution in [0, 0.1) is 5.92 Å². The molecule has 4 N–H and O–H groups in total. The van der Waals surface area contributed by atoms with E-state index in [1.807, 2.05) is 20.8 Å². The van der Waals surface area contributed by atoms with Crippen LogP contribution in [-0.2, 0) is 19.2 Å². The van der Waals surface area contributed by atoms with E-state index in [0.29, 0.717) is 6.61 Å². The number of nitrogens with one attached hydrogen (secondary N) is 1. The molecule has 0 aliphatic carbocycles. The number of aromatic nitrogens is 1. The number of carbonyl (C=O) groups is 3. The van der Waals surface area contributed by atoms with Crippen LogP contribution >= 0.6 is 23.1 Å². The molecule has 1 aromatic heterocycles. The first-order valence-electron chi connectivity index (χ1n) is 8.85. The maximum absolute atomic E-state index is 12.8. The number of thioether (sulfide) groups is 1. The quantitative estimate of drug-likeness (QED) is 0.322. The van der Waals surface area contributed by atoms with E-state index in [0.717, 1.165) is 11.3 Å². The molecule has 0 aromatic carbocycles. The second kappa shape index (κ2) is 8.41. The van der Waals surface area contributed by atoms with Gasteiger partial charge >= 0.3 is 5.97 Å². The summed E-state index contributed by atoms with van der Waals surface area (Å²) in [5, 5.41) is 17.1. The number of carboxylic acid groups (broad SMARTS) is 1. The van der Waals surface area contributed by atoms with Crippen LogP contribution in [0.5, 0.6) is 0 Å². The van der Waals surface area contributed by atoms with Crippen molar-refractivity contribution in [2.24, 2.45) is 11.1 Å². The van der Waals surface area contributed by atoms with Crippen LogP contribution in [-0.4, -0.2) is 61.8 Å². The summed E-state index contributed by atoms with van der Waals surface area (Å²) in [5.74, 6) is -2.11. The highest BCUT2D eigenvalue weighted by Gasteiger charge is 2.54. The lowest BCUT2D eigenvalue weighted by Crippen LogP contribution is -2.71. The molecule has 3 rings (SSSR count). The lowest BCUT2D eigenvalue weighted by Gasteiger charge is -2.49. The Balaban J connectivity index is 1.77. The van der Waals surface area contributed by atoms with Gasteiger partial charge in [-0.2, -0.15) is 0 Å². The highest BCUT2D eigenvalue weighted by molar-refractivity contribution is 8.00. The Kier molecular flexibility index (Phi) is 6.13. The number of nitrogen functional groups attached to an aromatic ring is 1. The van der Waals surface area contributed by atoms with E-state index >= 15 is 0 Å². The molecule has 2 amide bonds. The second-order valence-corrected chi connectivity index (χ2v) is 9.34. The topological polar surface area (TPSA) is 147 Å². The average Bonchev–Trinajstić information content (AvgIpc) is 3.07. The Morgan fingerprint density at radius 1 is 1.48 bits per heavy atom. The Bertz CT molecular complexity index is 897. The van der Waals surface area contributed by atoms with E-state index in [2.05, 4.69) is 15.5 Å². The molecule has 1 aromatic rings. The van der Waals surface area contributed by atoms with Crippen LogP contribution in [0.15, 0.2) is 22.3 Å². The van der Waals surface area contributed by atoms with Crippen molar-refractivity contribution in [3.63, 3.8) is 0 Å². The summed E-state index contributed by atoms with van der Waals surface area (Å²) < 4.78 is 0. The fourth-order valence-electron chi connectivity index (χ4n) is 2.79. The van der Waals surface area contributed by atoms with Crippen LogP contribution in [0.3, 0.4) is 0 Å². The molecule has 1 fully saturated rings. The van der Waals surface area contributed by atoms with Crippen LogP contribution in [0.2, 0.25) is 0 Å². The molecule has 3 heterocycles. The second-order valence-electron chi connectivity index (χ2n) is 6.95. The van der Waals surface area contributed by atoms with Gasteiger partial charge in [-0.3, -0.25) is 14.5 Å². The van der Waals surface area contributed by atoms with Gasteiger partial charge in [0.15, 0.2) is 10.8 Å². The molecular formula is C17H21N5O5S2. The van der Waals surface area contributed by atoms with Gasteiger partial charge in [-0.25, -0.2) is 9.78 Å². The van der Waals surface area contributed by atoms with E-state index in [4.69, 9.17) is 10.6 Å². The summed E-state index contributed by atoms with van der Waals surface area (Å²) in [6.45, 7) is 6.01. The molecule has 29 heavy (non-hydrogen) atoms. The molecule has 2 aliphatic rings. The largest absolute Gasteiger partial charge is 0.477 e. The minimum Gasteiger partial charge on any atom is -0.477 e. The van der Waals surface area contributed by atoms with E-state index < -0.39 is 29.2 Å². The zero-order valence-corrected chi connectivity index (χ0v) is 17.6. The third kappa shape index (κ3) is 4.37. The molecule has 10 nitrogen and oxygen atoms in total. The monoisotopic (exact) mass is 439 g/mol. The number of anilines is 1. The highest BCUT2D eigenvalue weighted by Crippen LogP contribution is 2.40. The molecule has 0 radical (unpaired) electrons. The number of hydrogen-bond acceptors (Lipinski definition) is 9. The normalized spacial score (nSPS) is 23.9. The summed E-state index contributed by atoms with van der Waals surface area (Å²) in [4.78, 5) is 47.3. The Hall–Kier alpha value is -2.60. The van der Waals surface area contributed by atoms with Gasteiger partial charge in [0.1, 0.15) is 29.4 Å². The first-order chi connectivity index (χ1) is 13.7. The molecule has 12 heteroatoms.